The third kappa shape index (κ3) is 4.98. The lowest BCUT2D eigenvalue weighted by Gasteiger charge is -2.16. The highest BCUT2D eigenvalue weighted by atomic mass is 19.1. The molecular formula is C15H21FN2O. The molecule has 1 rings (SSSR count). The Hall–Kier alpha value is -1.44. The van der Waals surface area contributed by atoms with Crippen LogP contribution >= 0.6 is 0 Å². The molecule has 0 saturated carbocycles. The molecule has 0 amide bonds. The van der Waals surface area contributed by atoms with E-state index in [2.05, 4.69) is 12.2 Å². The van der Waals surface area contributed by atoms with Crippen molar-refractivity contribution < 1.29 is 9.50 Å². The van der Waals surface area contributed by atoms with Gasteiger partial charge in [-0.05, 0) is 31.4 Å². The Kier molecular flexibility index (Phi) is 7.09. The highest BCUT2D eigenvalue weighted by molar-refractivity contribution is 5.34. The summed E-state index contributed by atoms with van der Waals surface area (Å²) in [6.07, 6.45) is 2.89. The van der Waals surface area contributed by atoms with Gasteiger partial charge in [-0.25, -0.2) is 4.39 Å². The van der Waals surface area contributed by atoms with Crippen molar-refractivity contribution in [2.45, 2.75) is 32.7 Å². The van der Waals surface area contributed by atoms with E-state index >= 15 is 0 Å². The third-order valence-electron chi connectivity index (χ3n) is 3.18. The lowest BCUT2D eigenvalue weighted by atomic mass is 10.00. The Bertz CT molecular complexity index is 423. The van der Waals surface area contributed by atoms with Crippen molar-refractivity contribution in [3.63, 3.8) is 0 Å². The average molecular weight is 264 g/mol. The van der Waals surface area contributed by atoms with Gasteiger partial charge in [0.1, 0.15) is 11.9 Å². The lowest BCUT2D eigenvalue weighted by molar-refractivity contribution is 0.248. The van der Waals surface area contributed by atoms with Crippen LogP contribution in [-0.4, -0.2) is 18.3 Å². The normalized spacial score (nSPS) is 12.1. The van der Waals surface area contributed by atoms with Crippen molar-refractivity contribution in [3.8, 4) is 6.07 Å². The van der Waals surface area contributed by atoms with Gasteiger partial charge in [-0.1, -0.05) is 25.5 Å². The maximum Gasteiger partial charge on any atom is 0.145 e. The molecule has 0 radical (unpaired) electrons. The Morgan fingerprint density at radius 2 is 2.21 bits per heavy atom. The Balaban J connectivity index is 2.50. The first-order valence-electron chi connectivity index (χ1n) is 6.72. The Labute approximate surface area is 114 Å². The van der Waals surface area contributed by atoms with Crippen LogP contribution in [0.3, 0.4) is 0 Å². The van der Waals surface area contributed by atoms with E-state index in [4.69, 9.17) is 10.4 Å². The molecule has 1 unspecified atom stereocenters. The van der Waals surface area contributed by atoms with Crippen LogP contribution in [0.15, 0.2) is 18.2 Å². The molecule has 0 fully saturated rings. The van der Waals surface area contributed by atoms with Crippen LogP contribution in [0.1, 0.15) is 37.3 Å². The third-order valence-corrected chi connectivity index (χ3v) is 3.18. The van der Waals surface area contributed by atoms with Gasteiger partial charge >= 0.3 is 0 Å². The zero-order valence-corrected chi connectivity index (χ0v) is 11.3. The van der Waals surface area contributed by atoms with Crippen molar-refractivity contribution in [2.24, 2.45) is 5.92 Å². The molecule has 0 aliphatic carbocycles. The molecule has 0 saturated heterocycles. The molecule has 2 N–H and O–H groups in total. The van der Waals surface area contributed by atoms with Crippen LogP contribution < -0.4 is 5.32 Å². The van der Waals surface area contributed by atoms with Crippen LogP contribution in [0.25, 0.3) is 0 Å². The minimum Gasteiger partial charge on any atom is -0.396 e. The topological polar surface area (TPSA) is 56.0 Å². The maximum atomic E-state index is 13.8. The molecule has 1 atom stereocenters. The van der Waals surface area contributed by atoms with Crippen molar-refractivity contribution in [3.05, 3.63) is 35.1 Å². The quantitative estimate of drug-likeness (QED) is 0.758. The molecule has 0 bridgehead atoms. The van der Waals surface area contributed by atoms with Gasteiger partial charge in [-0.15, -0.1) is 0 Å². The molecule has 4 heteroatoms. The smallest absolute Gasteiger partial charge is 0.145 e. The molecule has 104 valence electrons. The van der Waals surface area contributed by atoms with E-state index in [1.807, 2.05) is 6.07 Å². The summed E-state index contributed by atoms with van der Waals surface area (Å²) in [7, 11) is 0. The standard InChI is InChI=1S/C15H21FN2O/c1-2-4-12(7-8-19)10-18-11-14-6-3-5-13(9-17)15(14)16/h3,5-6,12,18-19H,2,4,7-8,10-11H2,1H3. The van der Waals surface area contributed by atoms with Crippen LogP contribution in [0.2, 0.25) is 0 Å². The Morgan fingerprint density at radius 1 is 1.42 bits per heavy atom. The first kappa shape index (κ1) is 15.6. The number of nitriles is 1. The van der Waals surface area contributed by atoms with Gasteiger partial charge in [0.2, 0.25) is 0 Å². The predicted octanol–water partition coefficient (Wildman–Crippen LogP) is 2.59. The molecule has 3 nitrogen and oxygen atoms in total. The molecular weight excluding hydrogens is 243 g/mol. The molecule has 1 aromatic carbocycles. The van der Waals surface area contributed by atoms with E-state index in [0.717, 1.165) is 25.8 Å². The summed E-state index contributed by atoms with van der Waals surface area (Å²) in [5.41, 5.74) is 0.595. The van der Waals surface area contributed by atoms with Gasteiger partial charge in [-0.2, -0.15) is 5.26 Å². The van der Waals surface area contributed by atoms with Crippen molar-refractivity contribution in [1.29, 1.82) is 5.26 Å². The first-order valence-corrected chi connectivity index (χ1v) is 6.72. The summed E-state index contributed by atoms with van der Waals surface area (Å²) >= 11 is 0. The summed E-state index contributed by atoms with van der Waals surface area (Å²) in [6, 6.07) is 6.69. The van der Waals surface area contributed by atoms with Crippen molar-refractivity contribution >= 4 is 0 Å². The van der Waals surface area contributed by atoms with E-state index in [9.17, 15) is 4.39 Å². The maximum absolute atomic E-state index is 13.8. The number of aliphatic hydroxyl groups excluding tert-OH is 1. The second-order valence-electron chi connectivity index (χ2n) is 4.69. The van der Waals surface area contributed by atoms with Crippen LogP contribution in [0, 0.1) is 23.1 Å². The van der Waals surface area contributed by atoms with Gasteiger partial charge in [0.25, 0.3) is 0 Å². The van der Waals surface area contributed by atoms with Crippen LogP contribution in [0.5, 0.6) is 0 Å². The number of hydrogen-bond donors (Lipinski definition) is 2. The van der Waals surface area contributed by atoms with Crippen LogP contribution in [-0.2, 0) is 6.54 Å². The van der Waals surface area contributed by atoms with E-state index in [1.165, 1.54) is 6.07 Å². The highest BCUT2D eigenvalue weighted by Gasteiger charge is 2.09. The number of rotatable bonds is 8. The summed E-state index contributed by atoms with van der Waals surface area (Å²) in [4.78, 5) is 0. The molecule has 0 aliphatic heterocycles. The SMILES string of the molecule is CCCC(CCO)CNCc1cccc(C#N)c1F. The van der Waals surface area contributed by atoms with Gasteiger partial charge in [-0.3, -0.25) is 0 Å². The second kappa shape index (κ2) is 8.63. The van der Waals surface area contributed by atoms with Gasteiger partial charge in [0, 0.05) is 18.7 Å². The average Bonchev–Trinajstić information content (AvgIpc) is 2.41. The summed E-state index contributed by atoms with van der Waals surface area (Å²) in [5.74, 6) is -0.0242. The zero-order chi connectivity index (χ0) is 14.1. The molecule has 0 aliphatic rings. The summed E-state index contributed by atoms with van der Waals surface area (Å²) in [6.45, 7) is 3.46. The molecule has 0 heterocycles. The van der Waals surface area contributed by atoms with Gasteiger partial charge in [0.15, 0.2) is 0 Å². The van der Waals surface area contributed by atoms with E-state index in [0.29, 0.717) is 18.0 Å². The first-order chi connectivity index (χ1) is 9.22. The summed E-state index contributed by atoms with van der Waals surface area (Å²) < 4.78 is 13.8. The molecule has 0 aromatic heterocycles. The Morgan fingerprint density at radius 3 is 2.84 bits per heavy atom. The molecule has 1 aromatic rings. The molecule has 19 heavy (non-hydrogen) atoms. The summed E-state index contributed by atoms with van der Waals surface area (Å²) in [5, 5.41) is 20.9. The number of halogens is 1. The number of nitrogens with zero attached hydrogens (tertiary/aromatic N) is 1. The predicted molar refractivity (Wildman–Crippen MR) is 72.9 cm³/mol. The van der Waals surface area contributed by atoms with Crippen molar-refractivity contribution in [2.75, 3.05) is 13.2 Å². The highest BCUT2D eigenvalue weighted by Crippen LogP contribution is 2.13. The lowest BCUT2D eigenvalue weighted by Crippen LogP contribution is -2.23. The fourth-order valence-electron chi connectivity index (χ4n) is 2.15. The number of benzene rings is 1. The fraction of sp³-hybridized carbons (Fsp3) is 0.533. The van der Waals surface area contributed by atoms with Crippen molar-refractivity contribution in [1.82, 2.24) is 5.32 Å². The van der Waals surface area contributed by atoms with Gasteiger partial charge in [0.05, 0.1) is 5.56 Å². The van der Waals surface area contributed by atoms with E-state index in [-0.39, 0.29) is 12.2 Å². The molecule has 0 spiro atoms. The number of aliphatic hydroxyl groups is 1. The van der Waals surface area contributed by atoms with Gasteiger partial charge < -0.3 is 10.4 Å². The monoisotopic (exact) mass is 264 g/mol. The largest absolute Gasteiger partial charge is 0.396 e. The number of hydrogen-bond acceptors (Lipinski definition) is 3. The minimum absolute atomic E-state index is 0.0831. The fourth-order valence-corrected chi connectivity index (χ4v) is 2.15. The second-order valence-corrected chi connectivity index (χ2v) is 4.69. The van der Waals surface area contributed by atoms with Crippen LogP contribution in [0.4, 0.5) is 4.39 Å². The zero-order valence-electron chi connectivity index (χ0n) is 11.3. The van der Waals surface area contributed by atoms with E-state index < -0.39 is 5.82 Å². The van der Waals surface area contributed by atoms with E-state index in [1.54, 1.807) is 12.1 Å². The minimum atomic E-state index is -0.438. The number of nitrogens with one attached hydrogen (secondary N) is 1.